The number of nitrogens with one attached hydrogen (secondary N) is 1. The molecule has 0 fully saturated rings. The minimum atomic E-state index is 0.435. The fourth-order valence-electron chi connectivity index (χ4n) is 1.27. The van der Waals surface area contributed by atoms with Crippen LogP contribution in [0.1, 0.15) is 6.92 Å². The fraction of sp³-hybridized carbons (Fsp3) is 0.455. The second-order valence-corrected chi connectivity index (χ2v) is 4.33. The normalized spacial score (nSPS) is 12.5. The molecule has 1 aromatic rings. The van der Waals surface area contributed by atoms with Gasteiger partial charge in [0.15, 0.2) is 0 Å². The number of hydrogen-bond donors (Lipinski definition) is 1. The number of benzene rings is 1. The number of rotatable bonds is 5. The van der Waals surface area contributed by atoms with Crippen LogP contribution in [0.5, 0.6) is 0 Å². The summed E-state index contributed by atoms with van der Waals surface area (Å²) in [5, 5.41) is 4.39. The van der Waals surface area contributed by atoms with Crippen molar-refractivity contribution in [2.24, 2.45) is 5.92 Å². The van der Waals surface area contributed by atoms with Crippen molar-refractivity contribution in [3.63, 3.8) is 0 Å². The lowest BCUT2D eigenvalue weighted by molar-refractivity contribution is 0.164. The van der Waals surface area contributed by atoms with Gasteiger partial charge < -0.3 is 10.1 Å². The second-order valence-electron chi connectivity index (χ2n) is 3.54. The van der Waals surface area contributed by atoms with Crippen LogP contribution in [-0.4, -0.2) is 20.3 Å². The molecular weight excluding hydrogens is 233 g/mol. The van der Waals surface area contributed by atoms with Crippen LogP contribution in [-0.2, 0) is 4.74 Å². The first-order valence-corrected chi connectivity index (χ1v) is 5.57. The standard InChI is InChI=1S/C11H15Cl2NO/c1-8(7-15-2)6-14-10-5-3-4-9(12)11(10)13/h3-5,8,14H,6-7H2,1-2H3. The third-order valence-electron chi connectivity index (χ3n) is 2.04. The Morgan fingerprint density at radius 1 is 1.40 bits per heavy atom. The first kappa shape index (κ1) is 12.6. The molecule has 1 atom stereocenters. The Morgan fingerprint density at radius 3 is 2.80 bits per heavy atom. The summed E-state index contributed by atoms with van der Waals surface area (Å²) in [5.74, 6) is 0.435. The first-order valence-electron chi connectivity index (χ1n) is 4.82. The highest BCUT2D eigenvalue weighted by molar-refractivity contribution is 6.43. The van der Waals surface area contributed by atoms with E-state index in [0.29, 0.717) is 16.0 Å². The Labute approximate surface area is 101 Å². The topological polar surface area (TPSA) is 21.3 Å². The van der Waals surface area contributed by atoms with Crippen LogP contribution >= 0.6 is 23.2 Å². The minimum absolute atomic E-state index is 0.435. The lowest BCUT2D eigenvalue weighted by Crippen LogP contribution is -2.15. The second kappa shape index (κ2) is 6.21. The summed E-state index contributed by atoms with van der Waals surface area (Å²) >= 11 is 11.9. The molecule has 84 valence electrons. The van der Waals surface area contributed by atoms with Gasteiger partial charge in [-0.1, -0.05) is 36.2 Å². The minimum Gasteiger partial charge on any atom is -0.384 e. The molecule has 1 N–H and O–H groups in total. The molecule has 0 aliphatic carbocycles. The van der Waals surface area contributed by atoms with E-state index >= 15 is 0 Å². The van der Waals surface area contributed by atoms with Gasteiger partial charge in [-0.15, -0.1) is 0 Å². The monoisotopic (exact) mass is 247 g/mol. The van der Waals surface area contributed by atoms with Crippen LogP contribution < -0.4 is 5.32 Å². The zero-order valence-corrected chi connectivity index (χ0v) is 10.4. The van der Waals surface area contributed by atoms with Crippen molar-refractivity contribution >= 4 is 28.9 Å². The van der Waals surface area contributed by atoms with Gasteiger partial charge in [-0.05, 0) is 18.1 Å². The number of ether oxygens (including phenoxy) is 1. The summed E-state index contributed by atoms with van der Waals surface area (Å²) < 4.78 is 5.05. The van der Waals surface area contributed by atoms with Crippen LogP contribution in [0.2, 0.25) is 10.0 Å². The van der Waals surface area contributed by atoms with E-state index in [0.717, 1.165) is 18.8 Å². The maximum atomic E-state index is 6.03. The van der Waals surface area contributed by atoms with Crippen molar-refractivity contribution in [3.05, 3.63) is 28.2 Å². The van der Waals surface area contributed by atoms with E-state index in [1.165, 1.54) is 0 Å². The van der Waals surface area contributed by atoms with Crippen molar-refractivity contribution in [1.29, 1.82) is 0 Å². The molecule has 15 heavy (non-hydrogen) atoms. The van der Waals surface area contributed by atoms with Crippen molar-refractivity contribution < 1.29 is 4.74 Å². The van der Waals surface area contributed by atoms with Crippen LogP contribution in [0, 0.1) is 5.92 Å². The highest BCUT2D eigenvalue weighted by Crippen LogP contribution is 2.29. The molecule has 0 aromatic heterocycles. The van der Waals surface area contributed by atoms with Gasteiger partial charge in [0.05, 0.1) is 22.3 Å². The largest absolute Gasteiger partial charge is 0.384 e. The molecule has 0 heterocycles. The third-order valence-corrected chi connectivity index (χ3v) is 2.86. The maximum Gasteiger partial charge on any atom is 0.0823 e. The Hall–Kier alpha value is -0.440. The van der Waals surface area contributed by atoms with Gasteiger partial charge in [-0.3, -0.25) is 0 Å². The van der Waals surface area contributed by atoms with Crippen molar-refractivity contribution in [2.75, 3.05) is 25.6 Å². The molecule has 4 heteroatoms. The van der Waals surface area contributed by atoms with Crippen LogP contribution in [0.3, 0.4) is 0 Å². The molecule has 2 nitrogen and oxygen atoms in total. The van der Waals surface area contributed by atoms with E-state index in [2.05, 4.69) is 12.2 Å². The molecule has 0 bridgehead atoms. The lowest BCUT2D eigenvalue weighted by atomic mass is 10.2. The Balaban J connectivity index is 2.54. The van der Waals surface area contributed by atoms with E-state index in [9.17, 15) is 0 Å². The zero-order chi connectivity index (χ0) is 11.3. The summed E-state index contributed by atoms with van der Waals surface area (Å²) in [6, 6.07) is 5.55. The third kappa shape index (κ3) is 3.90. The molecule has 1 aromatic carbocycles. The molecule has 0 spiro atoms. The van der Waals surface area contributed by atoms with E-state index < -0.39 is 0 Å². The summed E-state index contributed by atoms with van der Waals surface area (Å²) in [4.78, 5) is 0. The predicted molar refractivity (Wildman–Crippen MR) is 66.0 cm³/mol. The van der Waals surface area contributed by atoms with Gasteiger partial charge in [-0.2, -0.15) is 0 Å². The number of anilines is 1. The Kier molecular flexibility index (Phi) is 5.23. The fourth-order valence-corrected chi connectivity index (χ4v) is 1.64. The van der Waals surface area contributed by atoms with Gasteiger partial charge >= 0.3 is 0 Å². The van der Waals surface area contributed by atoms with Gasteiger partial charge in [0.2, 0.25) is 0 Å². The molecule has 0 radical (unpaired) electrons. The van der Waals surface area contributed by atoms with Gasteiger partial charge in [0.1, 0.15) is 0 Å². The Bertz CT molecular complexity index is 317. The molecule has 0 aliphatic rings. The van der Waals surface area contributed by atoms with Gasteiger partial charge in [0.25, 0.3) is 0 Å². The van der Waals surface area contributed by atoms with Crippen molar-refractivity contribution in [2.45, 2.75) is 6.92 Å². The lowest BCUT2D eigenvalue weighted by Gasteiger charge is -2.13. The van der Waals surface area contributed by atoms with E-state index in [1.807, 2.05) is 12.1 Å². The van der Waals surface area contributed by atoms with E-state index in [-0.39, 0.29) is 0 Å². The van der Waals surface area contributed by atoms with Crippen LogP contribution in [0.4, 0.5) is 5.69 Å². The van der Waals surface area contributed by atoms with Gasteiger partial charge in [-0.25, -0.2) is 0 Å². The summed E-state index contributed by atoms with van der Waals surface area (Å²) in [6.45, 7) is 3.65. The molecule has 0 amide bonds. The van der Waals surface area contributed by atoms with Crippen LogP contribution in [0.25, 0.3) is 0 Å². The maximum absolute atomic E-state index is 6.03. The average Bonchev–Trinajstić information content (AvgIpc) is 2.21. The Morgan fingerprint density at radius 2 is 2.13 bits per heavy atom. The summed E-state index contributed by atoms with van der Waals surface area (Å²) in [5.41, 5.74) is 0.868. The van der Waals surface area contributed by atoms with E-state index in [1.54, 1.807) is 13.2 Å². The SMILES string of the molecule is COCC(C)CNc1cccc(Cl)c1Cl. The smallest absolute Gasteiger partial charge is 0.0823 e. The van der Waals surface area contributed by atoms with Crippen molar-refractivity contribution in [3.8, 4) is 0 Å². The molecule has 1 unspecified atom stereocenters. The summed E-state index contributed by atoms with van der Waals surface area (Å²) in [6.07, 6.45) is 0. The van der Waals surface area contributed by atoms with E-state index in [4.69, 9.17) is 27.9 Å². The predicted octanol–water partition coefficient (Wildman–Crippen LogP) is 3.69. The summed E-state index contributed by atoms with van der Waals surface area (Å²) in [7, 11) is 1.70. The molecule has 0 saturated carbocycles. The first-order chi connectivity index (χ1) is 7.15. The molecule has 1 rings (SSSR count). The van der Waals surface area contributed by atoms with Crippen molar-refractivity contribution in [1.82, 2.24) is 0 Å². The zero-order valence-electron chi connectivity index (χ0n) is 8.89. The molecule has 0 saturated heterocycles. The highest BCUT2D eigenvalue weighted by Gasteiger charge is 2.05. The molecular formula is C11H15Cl2NO. The van der Waals surface area contributed by atoms with Crippen LogP contribution in [0.15, 0.2) is 18.2 Å². The number of hydrogen-bond acceptors (Lipinski definition) is 2. The van der Waals surface area contributed by atoms with Gasteiger partial charge in [0, 0.05) is 13.7 Å². The number of methoxy groups -OCH3 is 1. The quantitative estimate of drug-likeness (QED) is 0.858. The average molecular weight is 248 g/mol. The number of halogens is 2. The molecule has 0 aliphatic heterocycles. The highest BCUT2D eigenvalue weighted by atomic mass is 35.5.